The molecule has 0 saturated heterocycles. The van der Waals surface area contributed by atoms with Gasteiger partial charge in [-0.2, -0.15) is 0 Å². The van der Waals surface area contributed by atoms with Crippen LogP contribution in [0.5, 0.6) is 5.75 Å². The maximum Gasteiger partial charge on any atom is 0.230 e. The summed E-state index contributed by atoms with van der Waals surface area (Å²) in [5.41, 5.74) is 2.22. The fraction of sp³-hybridized carbons (Fsp3) is 0.391. The minimum absolute atomic E-state index is 0.000225. The van der Waals surface area contributed by atoms with Gasteiger partial charge < -0.3 is 15.0 Å². The molecule has 2 aromatic rings. The first-order chi connectivity index (χ1) is 15.3. The van der Waals surface area contributed by atoms with Gasteiger partial charge in [0.25, 0.3) is 0 Å². The molecule has 2 amide bonds. The zero-order chi connectivity index (χ0) is 22.9. The minimum atomic E-state index is -3.77. The third-order valence-corrected chi connectivity index (χ3v) is 7.95. The third-order valence-electron chi connectivity index (χ3n) is 5.77. The Hall–Kier alpha value is -2.39. The van der Waals surface area contributed by atoms with Gasteiger partial charge >= 0.3 is 0 Å². The van der Waals surface area contributed by atoms with Crippen LogP contribution in [0.3, 0.4) is 0 Å². The van der Waals surface area contributed by atoms with E-state index in [0.717, 1.165) is 29.7 Å². The number of rotatable bonds is 8. The molecule has 1 N–H and O–H groups in total. The first kappa shape index (κ1) is 22.8. The van der Waals surface area contributed by atoms with Crippen molar-refractivity contribution in [3.63, 3.8) is 0 Å². The van der Waals surface area contributed by atoms with Crippen LogP contribution in [0.2, 0.25) is 0 Å². The van der Waals surface area contributed by atoms with Gasteiger partial charge in [0.2, 0.25) is 11.8 Å². The zero-order valence-electron chi connectivity index (χ0n) is 17.8. The molecule has 0 spiro atoms. The average Bonchev–Trinajstić information content (AvgIpc) is 3.55. The van der Waals surface area contributed by atoms with E-state index in [1.54, 1.807) is 30.2 Å². The molecule has 1 aliphatic carbocycles. The Morgan fingerprint density at radius 2 is 1.91 bits per heavy atom. The van der Waals surface area contributed by atoms with E-state index in [4.69, 9.17) is 4.74 Å². The van der Waals surface area contributed by atoms with Crippen molar-refractivity contribution >= 4 is 43.3 Å². The Kier molecular flexibility index (Phi) is 6.57. The number of benzene rings is 2. The van der Waals surface area contributed by atoms with Crippen molar-refractivity contribution in [3.8, 4) is 5.75 Å². The molecule has 7 nitrogen and oxygen atoms in total. The maximum absolute atomic E-state index is 13.2. The fourth-order valence-corrected chi connectivity index (χ4v) is 6.02. The van der Waals surface area contributed by atoms with E-state index in [1.807, 2.05) is 18.2 Å². The molecule has 0 radical (unpaired) electrons. The lowest BCUT2D eigenvalue weighted by atomic mass is 10.2. The number of carbonyl (C=O) groups excluding carboxylic acids is 2. The van der Waals surface area contributed by atoms with Gasteiger partial charge in [0.05, 0.1) is 23.4 Å². The van der Waals surface area contributed by atoms with Crippen LogP contribution in [0.1, 0.15) is 30.4 Å². The van der Waals surface area contributed by atoms with Crippen molar-refractivity contribution < 1.29 is 22.7 Å². The normalized spacial score (nSPS) is 15.4. The van der Waals surface area contributed by atoms with Crippen molar-refractivity contribution in [3.05, 3.63) is 52.0 Å². The van der Waals surface area contributed by atoms with Crippen LogP contribution < -0.4 is 15.0 Å². The second-order valence-electron chi connectivity index (χ2n) is 8.12. The maximum atomic E-state index is 13.2. The Morgan fingerprint density at radius 1 is 1.19 bits per heavy atom. The quantitative estimate of drug-likeness (QED) is 0.576. The second kappa shape index (κ2) is 9.23. The summed E-state index contributed by atoms with van der Waals surface area (Å²) in [7, 11) is -2.19. The molecule has 9 heteroatoms. The topological polar surface area (TPSA) is 92.8 Å². The summed E-state index contributed by atoms with van der Waals surface area (Å²) in [6, 6.07) is 10.7. The van der Waals surface area contributed by atoms with Crippen molar-refractivity contribution in [1.82, 2.24) is 5.32 Å². The van der Waals surface area contributed by atoms with E-state index in [2.05, 4.69) is 21.2 Å². The lowest BCUT2D eigenvalue weighted by Crippen LogP contribution is -2.31. The molecule has 2 aromatic carbocycles. The number of anilines is 1. The van der Waals surface area contributed by atoms with Crippen molar-refractivity contribution in [2.75, 3.05) is 24.3 Å². The minimum Gasteiger partial charge on any atom is -0.497 e. The molecule has 2 aliphatic rings. The second-order valence-corrected chi connectivity index (χ2v) is 11.1. The van der Waals surface area contributed by atoms with Gasteiger partial charge in [-0.15, -0.1) is 0 Å². The molecule has 1 saturated carbocycles. The number of hydrogen-bond acceptors (Lipinski definition) is 5. The molecule has 1 heterocycles. The van der Waals surface area contributed by atoms with E-state index in [9.17, 15) is 18.0 Å². The number of hydrogen-bond donors (Lipinski definition) is 1. The van der Waals surface area contributed by atoms with Gasteiger partial charge in [0.1, 0.15) is 5.75 Å². The molecule has 0 unspecified atom stereocenters. The lowest BCUT2D eigenvalue weighted by Gasteiger charge is -2.20. The predicted octanol–water partition coefficient (Wildman–Crippen LogP) is 3.24. The van der Waals surface area contributed by atoms with Gasteiger partial charge in [-0.3, -0.25) is 9.59 Å². The van der Waals surface area contributed by atoms with Gasteiger partial charge in [-0.1, -0.05) is 28.1 Å². The molecular weight excluding hydrogens is 496 g/mol. The molecule has 32 heavy (non-hydrogen) atoms. The molecule has 0 bridgehead atoms. The fourth-order valence-electron chi connectivity index (χ4n) is 3.85. The number of ether oxygens (including phenoxy) is 1. The van der Waals surface area contributed by atoms with E-state index < -0.39 is 9.84 Å². The van der Waals surface area contributed by atoms with Crippen LogP contribution in [0.4, 0.5) is 5.69 Å². The highest BCUT2D eigenvalue weighted by Crippen LogP contribution is 2.41. The van der Waals surface area contributed by atoms with Gasteiger partial charge in [-0.25, -0.2) is 8.42 Å². The summed E-state index contributed by atoms with van der Waals surface area (Å²) in [5, 5.41) is 2.76. The van der Waals surface area contributed by atoms with E-state index in [1.165, 1.54) is 0 Å². The van der Waals surface area contributed by atoms with Crippen molar-refractivity contribution in [2.24, 2.45) is 5.92 Å². The van der Waals surface area contributed by atoms with Crippen LogP contribution in [0.15, 0.2) is 45.8 Å². The van der Waals surface area contributed by atoms with Gasteiger partial charge in [-0.05, 0) is 54.7 Å². The largest absolute Gasteiger partial charge is 0.497 e. The number of fused-ring (bicyclic) bond motifs is 1. The first-order valence-corrected chi connectivity index (χ1v) is 13.0. The molecule has 1 fully saturated rings. The van der Waals surface area contributed by atoms with Crippen LogP contribution in [-0.2, 0) is 32.4 Å². The summed E-state index contributed by atoms with van der Waals surface area (Å²) in [6.45, 7) is 0.796. The summed E-state index contributed by atoms with van der Waals surface area (Å²) < 4.78 is 32.2. The summed E-state index contributed by atoms with van der Waals surface area (Å²) >= 11 is 3.39. The highest BCUT2D eigenvalue weighted by Gasteiger charge is 2.39. The van der Waals surface area contributed by atoms with Crippen molar-refractivity contribution in [1.29, 1.82) is 0 Å². The number of sulfone groups is 1. The third kappa shape index (κ3) is 4.99. The Bertz CT molecular complexity index is 1140. The van der Waals surface area contributed by atoms with Crippen LogP contribution in [0, 0.1) is 5.92 Å². The van der Waals surface area contributed by atoms with Crippen molar-refractivity contribution in [2.45, 2.75) is 37.1 Å². The standard InChI is InChI=1S/C23H25BrN2O5S/c1-31-19-6-2-15(3-7-19)14-25-21(27)9-11-32(29,30)20-13-18(24)12-17-8-10-26(22(17)20)23(28)16-4-5-16/h2-3,6-7,12-13,16H,4-5,8-11,14H2,1H3,(H,25,27). The molecule has 0 atom stereocenters. The smallest absolute Gasteiger partial charge is 0.230 e. The highest BCUT2D eigenvalue weighted by molar-refractivity contribution is 9.10. The summed E-state index contributed by atoms with van der Waals surface area (Å²) in [6.07, 6.45) is 2.18. The number of halogens is 1. The lowest BCUT2D eigenvalue weighted by molar-refractivity contribution is -0.121. The number of nitrogens with zero attached hydrogens (tertiary/aromatic N) is 1. The molecule has 1 aliphatic heterocycles. The predicted molar refractivity (Wildman–Crippen MR) is 124 cm³/mol. The Labute approximate surface area is 196 Å². The number of carbonyl (C=O) groups is 2. The number of nitrogens with one attached hydrogen (secondary N) is 1. The Balaban J connectivity index is 1.44. The molecule has 170 valence electrons. The first-order valence-electron chi connectivity index (χ1n) is 10.5. The zero-order valence-corrected chi connectivity index (χ0v) is 20.2. The van der Waals surface area contributed by atoms with Crippen LogP contribution in [0.25, 0.3) is 0 Å². The van der Waals surface area contributed by atoms with Gasteiger partial charge in [0, 0.05) is 29.9 Å². The summed E-state index contributed by atoms with van der Waals surface area (Å²) in [4.78, 5) is 26.8. The van der Waals surface area contributed by atoms with E-state index in [0.29, 0.717) is 29.7 Å². The number of methoxy groups -OCH3 is 1. The SMILES string of the molecule is COc1ccc(CNC(=O)CCS(=O)(=O)c2cc(Br)cc3c2N(C(=O)C2CC2)CC3)cc1. The molecular formula is C23H25BrN2O5S. The van der Waals surface area contributed by atoms with Gasteiger partial charge in [0.15, 0.2) is 9.84 Å². The Morgan fingerprint density at radius 3 is 2.56 bits per heavy atom. The van der Waals surface area contributed by atoms with E-state index in [-0.39, 0.29) is 34.8 Å². The monoisotopic (exact) mass is 520 g/mol. The number of amides is 2. The average molecular weight is 521 g/mol. The molecule has 0 aromatic heterocycles. The van der Waals surface area contributed by atoms with E-state index >= 15 is 0 Å². The van der Waals surface area contributed by atoms with Crippen LogP contribution in [-0.4, -0.2) is 39.6 Å². The summed E-state index contributed by atoms with van der Waals surface area (Å²) in [5.74, 6) is 0.0584. The molecule has 4 rings (SSSR count). The highest BCUT2D eigenvalue weighted by atomic mass is 79.9. The van der Waals surface area contributed by atoms with Crippen LogP contribution >= 0.6 is 15.9 Å².